The zero-order valence-corrected chi connectivity index (χ0v) is 13.5. The summed E-state index contributed by atoms with van der Waals surface area (Å²) in [4.78, 5) is 0. The van der Waals surface area contributed by atoms with Crippen LogP contribution in [0.4, 0.5) is 5.69 Å². The third kappa shape index (κ3) is 4.74. The fraction of sp³-hybridized carbons (Fsp3) is 0.467. The van der Waals surface area contributed by atoms with Gasteiger partial charge >= 0.3 is 10.2 Å². The topological polar surface area (TPSA) is 69.6 Å². The molecule has 6 heteroatoms. The van der Waals surface area contributed by atoms with Crippen LogP contribution in [0.1, 0.15) is 31.9 Å². The lowest BCUT2D eigenvalue weighted by molar-refractivity contribution is 0.350. The highest BCUT2D eigenvalue weighted by Crippen LogP contribution is 2.20. The first-order valence-corrected chi connectivity index (χ1v) is 8.43. The maximum Gasteiger partial charge on any atom is 0.301 e. The van der Waals surface area contributed by atoms with Gasteiger partial charge in [0.2, 0.25) is 0 Å². The Kier molecular flexibility index (Phi) is 6.69. The molecule has 0 radical (unpaired) electrons. The van der Waals surface area contributed by atoms with Crippen molar-refractivity contribution in [3.8, 4) is 11.8 Å². The SMILES string of the molecule is CCc1cc(C#CCO)ccc1NS(=O)(=O)N(CC)CC. The quantitative estimate of drug-likeness (QED) is 0.784. The van der Waals surface area contributed by atoms with E-state index in [0.717, 1.165) is 11.1 Å². The molecule has 0 fully saturated rings. The number of hydrogen-bond donors (Lipinski definition) is 2. The maximum atomic E-state index is 12.2. The average molecular weight is 310 g/mol. The Bertz CT molecular complexity index is 626. The number of rotatable bonds is 6. The highest BCUT2D eigenvalue weighted by molar-refractivity contribution is 7.90. The van der Waals surface area contributed by atoms with Gasteiger partial charge in [-0.15, -0.1) is 0 Å². The average Bonchev–Trinajstić information content (AvgIpc) is 2.46. The molecular formula is C15H22N2O3S. The smallest absolute Gasteiger partial charge is 0.301 e. The molecule has 0 saturated carbocycles. The lowest BCUT2D eigenvalue weighted by Crippen LogP contribution is -2.35. The summed E-state index contributed by atoms with van der Waals surface area (Å²) >= 11 is 0. The molecule has 0 saturated heterocycles. The second-order valence-electron chi connectivity index (χ2n) is 4.38. The summed E-state index contributed by atoms with van der Waals surface area (Å²) < 4.78 is 28.5. The van der Waals surface area contributed by atoms with E-state index < -0.39 is 10.2 Å². The Morgan fingerprint density at radius 2 is 1.90 bits per heavy atom. The van der Waals surface area contributed by atoms with E-state index in [2.05, 4.69) is 16.6 Å². The van der Waals surface area contributed by atoms with Crippen molar-refractivity contribution in [2.24, 2.45) is 0 Å². The first-order valence-electron chi connectivity index (χ1n) is 6.99. The Labute approximate surface area is 127 Å². The Morgan fingerprint density at radius 3 is 2.43 bits per heavy atom. The first kappa shape index (κ1) is 17.5. The zero-order valence-electron chi connectivity index (χ0n) is 12.7. The van der Waals surface area contributed by atoms with Gasteiger partial charge in [0.1, 0.15) is 6.61 Å². The normalized spacial score (nSPS) is 11.1. The van der Waals surface area contributed by atoms with E-state index in [9.17, 15) is 8.42 Å². The van der Waals surface area contributed by atoms with E-state index in [4.69, 9.17) is 5.11 Å². The summed E-state index contributed by atoms with van der Waals surface area (Å²) in [6, 6.07) is 5.28. The summed E-state index contributed by atoms with van der Waals surface area (Å²) in [6.45, 7) is 6.21. The molecule has 2 N–H and O–H groups in total. The molecule has 0 bridgehead atoms. The summed E-state index contributed by atoms with van der Waals surface area (Å²) in [5.74, 6) is 5.40. The van der Waals surface area contributed by atoms with Crippen molar-refractivity contribution in [1.29, 1.82) is 0 Å². The number of nitrogens with one attached hydrogen (secondary N) is 1. The van der Waals surface area contributed by atoms with Gasteiger partial charge in [0.25, 0.3) is 0 Å². The third-order valence-electron chi connectivity index (χ3n) is 3.08. The molecule has 0 atom stereocenters. The minimum absolute atomic E-state index is 0.197. The van der Waals surface area contributed by atoms with Crippen LogP contribution in [0.5, 0.6) is 0 Å². The number of aryl methyl sites for hydroxylation is 1. The second kappa shape index (κ2) is 8.03. The standard InChI is InChI=1S/C15H22N2O3S/c1-4-14-12-13(8-7-11-18)9-10-15(14)16-21(19,20)17(5-2)6-3/h9-10,12,16,18H,4-6,11H2,1-3H3. The molecule has 116 valence electrons. The molecule has 0 aromatic heterocycles. The van der Waals surface area contributed by atoms with Crippen molar-refractivity contribution in [1.82, 2.24) is 4.31 Å². The van der Waals surface area contributed by atoms with E-state index in [1.165, 1.54) is 4.31 Å². The Morgan fingerprint density at radius 1 is 1.24 bits per heavy atom. The molecular weight excluding hydrogens is 288 g/mol. The summed E-state index contributed by atoms with van der Waals surface area (Å²) in [6.07, 6.45) is 0.685. The molecule has 0 spiro atoms. The van der Waals surface area contributed by atoms with Crippen LogP contribution in [-0.2, 0) is 16.6 Å². The van der Waals surface area contributed by atoms with Crippen LogP contribution in [0, 0.1) is 11.8 Å². The van der Waals surface area contributed by atoms with E-state index in [1.807, 2.05) is 13.0 Å². The van der Waals surface area contributed by atoms with Crippen LogP contribution < -0.4 is 4.72 Å². The van der Waals surface area contributed by atoms with Gasteiger partial charge in [-0.05, 0) is 30.2 Å². The molecule has 1 aromatic rings. The van der Waals surface area contributed by atoms with Crippen LogP contribution in [0.2, 0.25) is 0 Å². The fourth-order valence-corrected chi connectivity index (χ4v) is 3.26. The van der Waals surface area contributed by atoms with Crippen molar-refractivity contribution in [2.45, 2.75) is 27.2 Å². The Balaban J connectivity index is 3.09. The van der Waals surface area contributed by atoms with E-state index in [-0.39, 0.29) is 6.61 Å². The van der Waals surface area contributed by atoms with Gasteiger partial charge in [0.05, 0.1) is 5.69 Å². The highest BCUT2D eigenvalue weighted by Gasteiger charge is 2.19. The summed E-state index contributed by atoms with van der Waals surface area (Å²) in [5, 5.41) is 8.71. The second-order valence-corrected chi connectivity index (χ2v) is 6.05. The minimum atomic E-state index is -3.53. The van der Waals surface area contributed by atoms with Crippen LogP contribution in [-0.4, -0.2) is 37.5 Å². The third-order valence-corrected chi connectivity index (χ3v) is 4.76. The molecule has 0 amide bonds. The molecule has 5 nitrogen and oxygen atoms in total. The monoisotopic (exact) mass is 310 g/mol. The van der Waals surface area contributed by atoms with Gasteiger partial charge in [-0.2, -0.15) is 12.7 Å². The number of benzene rings is 1. The van der Waals surface area contributed by atoms with Crippen LogP contribution in [0.15, 0.2) is 18.2 Å². The van der Waals surface area contributed by atoms with E-state index >= 15 is 0 Å². The van der Waals surface area contributed by atoms with E-state index in [1.54, 1.807) is 26.0 Å². The largest absolute Gasteiger partial charge is 0.384 e. The van der Waals surface area contributed by atoms with Gasteiger partial charge in [0.15, 0.2) is 0 Å². The van der Waals surface area contributed by atoms with E-state index in [0.29, 0.717) is 25.2 Å². The number of aliphatic hydroxyl groups excluding tert-OH is 1. The summed E-state index contributed by atoms with van der Waals surface area (Å²) in [7, 11) is -3.53. The molecule has 1 rings (SSSR count). The van der Waals surface area contributed by atoms with Crippen LogP contribution in [0.25, 0.3) is 0 Å². The van der Waals surface area contributed by atoms with Crippen molar-refractivity contribution < 1.29 is 13.5 Å². The minimum Gasteiger partial charge on any atom is -0.384 e. The van der Waals surface area contributed by atoms with Crippen molar-refractivity contribution >= 4 is 15.9 Å². The molecule has 21 heavy (non-hydrogen) atoms. The molecule has 0 aliphatic rings. The van der Waals surface area contributed by atoms with Gasteiger partial charge in [0, 0.05) is 18.7 Å². The van der Waals surface area contributed by atoms with Gasteiger partial charge in [-0.3, -0.25) is 4.72 Å². The van der Waals surface area contributed by atoms with Crippen LogP contribution in [0.3, 0.4) is 0 Å². The van der Waals surface area contributed by atoms with Gasteiger partial charge in [-0.1, -0.05) is 32.6 Å². The lowest BCUT2D eigenvalue weighted by Gasteiger charge is -2.20. The zero-order chi connectivity index (χ0) is 15.9. The van der Waals surface area contributed by atoms with Crippen molar-refractivity contribution in [3.05, 3.63) is 29.3 Å². The predicted octanol–water partition coefficient (Wildman–Crippen LogP) is 1.59. The predicted molar refractivity (Wildman–Crippen MR) is 85.2 cm³/mol. The first-order chi connectivity index (χ1) is 9.98. The van der Waals surface area contributed by atoms with Crippen molar-refractivity contribution in [3.63, 3.8) is 0 Å². The molecule has 0 heterocycles. The lowest BCUT2D eigenvalue weighted by atomic mass is 10.1. The number of anilines is 1. The Hall–Kier alpha value is -1.55. The fourth-order valence-electron chi connectivity index (χ4n) is 1.97. The van der Waals surface area contributed by atoms with Gasteiger partial charge < -0.3 is 5.11 Å². The number of nitrogens with zero attached hydrogens (tertiary/aromatic N) is 1. The summed E-state index contributed by atoms with van der Waals surface area (Å²) in [5.41, 5.74) is 2.20. The molecule has 0 aliphatic carbocycles. The van der Waals surface area contributed by atoms with Crippen molar-refractivity contribution in [2.75, 3.05) is 24.4 Å². The number of hydrogen-bond acceptors (Lipinski definition) is 3. The van der Waals surface area contributed by atoms with Crippen LogP contribution >= 0.6 is 0 Å². The highest BCUT2D eigenvalue weighted by atomic mass is 32.2. The molecule has 0 aliphatic heterocycles. The maximum absolute atomic E-state index is 12.2. The molecule has 1 aromatic carbocycles. The number of aliphatic hydroxyl groups is 1. The molecule has 0 unspecified atom stereocenters. The van der Waals surface area contributed by atoms with Gasteiger partial charge in [-0.25, -0.2) is 0 Å².